The van der Waals surface area contributed by atoms with Crippen molar-refractivity contribution < 1.29 is 22.7 Å². The highest BCUT2D eigenvalue weighted by molar-refractivity contribution is 7.89. The van der Waals surface area contributed by atoms with E-state index in [9.17, 15) is 13.2 Å². The molecule has 148 valence electrons. The molecular weight excluding hydrogens is 380 g/mol. The van der Waals surface area contributed by atoms with Crippen LogP contribution >= 0.6 is 0 Å². The maximum Gasteiger partial charge on any atom is 0.248 e. The Kier molecular flexibility index (Phi) is 6.01. The van der Waals surface area contributed by atoms with Gasteiger partial charge in [-0.25, -0.2) is 8.42 Å². The third kappa shape index (κ3) is 4.35. The van der Waals surface area contributed by atoms with Crippen LogP contribution in [0.3, 0.4) is 0 Å². The van der Waals surface area contributed by atoms with Crippen LogP contribution in [0.1, 0.15) is 19.4 Å². The Morgan fingerprint density at radius 1 is 1.07 bits per heavy atom. The molecule has 0 saturated carbocycles. The van der Waals surface area contributed by atoms with E-state index in [1.165, 1.54) is 10.4 Å². The van der Waals surface area contributed by atoms with Crippen LogP contribution < -0.4 is 14.8 Å². The van der Waals surface area contributed by atoms with Crippen LogP contribution in [0.25, 0.3) is 6.08 Å². The molecule has 0 unspecified atom stereocenters. The molecule has 2 aromatic carbocycles. The van der Waals surface area contributed by atoms with Crippen LogP contribution in [-0.4, -0.2) is 38.5 Å². The van der Waals surface area contributed by atoms with Gasteiger partial charge < -0.3 is 14.8 Å². The molecule has 0 saturated heterocycles. The Balaban J connectivity index is 1.65. The van der Waals surface area contributed by atoms with Crippen molar-refractivity contribution in [2.24, 2.45) is 0 Å². The molecule has 28 heavy (non-hydrogen) atoms. The molecule has 0 aromatic heterocycles. The third-order valence-electron chi connectivity index (χ3n) is 4.29. The number of anilines is 1. The number of nitrogens with one attached hydrogen (secondary N) is 1. The van der Waals surface area contributed by atoms with Gasteiger partial charge in [0, 0.05) is 30.9 Å². The molecule has 3 rings (SSSR count). The zero-order valence-corrected chi connectivity index (χ0v) is 16.5. The Bertz CT molecular complexity index is 980. The number of nitrogens with zero attached hydrogens (tertiary/aromatic N) is 1. The number of carbonyl (C=O) groups excluding carboxylic acids is 1. The summed E-state index contributed by atoms with van der Waals surface area (Å²) < 4.78 is 36.9. The van der Waals surface area contributed by atoms with Crippen LogP contribution in [-0.2, 0) is 14.8 Å². The zero-order valence-electron chi connectivity index (χ0n) is 15.7. The predicted molar refractivity (Wildman–Crippen MR) is 107 cm³/mol. The molecule has 0 fully saturated rings. The van der Waals surface area contributed by atoms with Gasteiger partial charge in [0.25, 0.3) is 0 Å². The van der Waals surface area contributed by atoms with Crippen LogP contribution in [0, 0.1) is 0 Å². The van der Waals surface area contributed by atoms with Crippen molar-refractivity contribution in [3.05, 3.63) is 54.1 Å². The van der Waals surface area contributed by atoms with E-state index in [2.05, 4.69) is 5.32 Å². The fourth-order valence-corrected chi connectivity index (χ4v) is 4.25. The Morgan fingerprint density at radius 2 is 1.75 bits per heavy atom. The Morgan fingerprint density at radius 3 is 2.43 bits per heavy atom. The summed E-state index contributed by atoms with van der Waals surface area (Å²) in [5.74, 6) is 0.929. The molecule has 1 N–H and O–H groups in total. The second-order valence-electron chi connectivity index (χ2n) is 6.05. The summed E-state index contributed by atoms with van der Waals surface area (Å²) in [5.41, 5.74) is 1.32. The average Bonchev–Trinajstić information content (AvgIpc) is 3.15. The molecule has 0 bridgehead atoms. The summed E-state index contributed by atoms with van der Waals surface area (Å²) in [6.45, 7) is 4.61. The van der Waals surface area contributed by atoms with Crippen molar-refractivity contribution in [3.8, 4) is 11.5 Å². The van der Waals surface area contributed by atoms with Gasteiger partial charge in [0.2, 0.25) is 22.7 Å². The summed E-state index contributed by atoms with van der Waals surface area (Å²) in [4.78, 5) is 12.3. The number of rotatable bonds is 7. The molecule has 0 spiro atoms. The van der Waals surface area contributed by atoms with E-state index < -0.39 is 10.0 Å². The van der Waals surface area contributed by atoms with Crippen LogP contribution in [0.2, 0.25) is 0 Å². The topological polar surface area (TPSA) is 84.9 Å². The van der Waals surface area contributed by atoms with Crippen molar-refractivity contribution in [2.45, 2.75) is 18.7 Å². The molecule has 7 nitrogen and oxygen atoms in total. The van der Waals surface area contributed by atoms with Gasteiger partial charge in [-0.3, -0.25) is 4.79 Å². The highest BCUT2D eigenvalue weighted by atomic mass is 32.2. The zero-order chi connectivity index (χ0) is 20.1. The molecule has 0 atom stereocenters. The lowest BCUT2D eigenvalue weighted by atomic mass is 10.2. The summed E-state index contributed by atoms with van der Waals surface area (Å²) in [5, 5.41) is 2.74. The van der Waals surface area contributed by atoms with Gasteiger partial charge >= 0.3 is 0 Å². The Labute approximate surface area is 164 Å². The maximum atomic E-state index is 12.5. The molecular formula is C20H22N2O5S. The molecule has 8 heteroatoms. The minimum Gasteiger partial charge on any atom is -0.454 e. The number of hydrogen-bond acceptors (Lipinski definition) is 5. The smallest absolute Gasteiger partial charge is 0.248 e. The minimum absolute atomic E-state index is 0.173. The highest BCUT2D eigenvalue weighted by Crippen LogP contribution is 2.34. The third-order valence-corrected chi connectivity index (χ3v) is 6.35. The standard InChI is InChI=1S/C20H22N2O5S/c1-3-22(4-2)28(24,25)17-9-5-15(6-10-17)7-12-20(23)21-16-8-11-18-19(13-16)27-14-26-18/h5-13H,3-4,14H2,1-2H3,(H,21,23)/b12-7+. The van der Waals surface area contributed by atoms with Crippen molar-refractivity contribution in [2.75, 3.05) is 25.2 Å². The molecule has 1 heterocycles. The van der Waals surface area contributed by atoms with Gasteiger partial charge in [-0.05, 0) is 35.9 Å². The number of amides is 1. The predicted octanol–water partition coefficient (Wildman–Crippen LogP) is 3.10. The van der Waals surface area contributed by atoms with Gasteiger partial charge in [0.05, 0.1) is 4.90 Å². The summed E-state index contributed by atoms with van der Waals surface area (Å²) in [6.07, 6.45) is 3.01. The van der Waals surface area contributed by atoms with E-state index >= 15 is 0 Å². The van der Waals surface area contributed by atoms with Gasteiger partial charge in [-0.15, -0.1) is 0 Å². The van der Waals surface area contributed by atoms with Crippen LogP contribution in [0.15, 0.2) is 53.4 Å². The van der Waals surface area contributed by atoms with Gasteiger partial charge in [0.15, 0.2) is 11.5 Å². The number of sulfonamides is 1. The second-order valence-corrected chi connectivity index (χ2v) is 7.99. The van der Waals surface area contributed by atoms with Gasteiger partial charge in [-0.1, -0.05) is 26.0 Å². The quantitative estimate of drug-likeness (QED) is 0.720. The van der Waals surface area contributed by atoms with Gasteiger partial charge in [-0.2, -0.15) is 4.31 Å². The lowest BCUT2D eigenvalue weighted by Crippen LogP contribution is -2.30. The molecule has 2 aromatic rings. The molecule has 0 aliphatic carbocycles. The second kappa shape index (κ2) is 8.45. The fourth-order valence-electron chi connectivity index (χ4n) is 2.79. The van der Waals surface area contributed by atoms with E-state index in [0.29, 0.717) is 30.3 Å². The maximum absolute atomic E-state index is 12.5. The molecule has 1 amide bonds. The minimum atomic E-state index is -3.49. The summed E-state index contributed by atoms with van der Waals surface area (Å²) in [7, 11) is -3.49. The highest BCUT2D eigenvalue weighted by Gasteiger charge is 2.21. The monoisotopic (exact) mass is 402 g/mol. The van der Waals surface area contributed by atoms with Crippen molar-refractivity contribution in [3.63, 3.8) is 0 Å². The first-order valence-corrected chi connectivity index (χ1v) is 10.4. The summed E-state index contributed by atoms with van der Waals surface area (Å²) in [6, 6.07) is 11.6. The SMILES string of the molecule is CCN(CC)S(=O)(=O)c1ccc(/C=C/C(=O)Nc2ccc3c(c2)OCO3)cc1. The average molecular weight is 402 g/mol. The van der Waals surface area contributed by atoms with E-state index in [-0.39, 0.29) is 17.6 Å². The first-order chi connectivity index (χ1) is 13.4. The van der Waals surface area contributed by atoms with E-state index in [1.54, 1.807) is 62.4 Å². The number of fused-ring (bicyclic) bond motifs is 1. The Hall–Kier alpha value is -2.84. The molecule has 1 aliphatic rings. The first-order valence-electron chi connectivity index (χ1n) is 8.93. The summed E-state index contributed by atoms with van der Waals surface area (Å²) >= 11 is 0. The van der Waals surface area contributed by atoms with E-state index in [1.807, 2.05) is 0 Å². The van der Waals surface area contributed by atoms with Gasteiger partial charge in [0.1, 0.15) is 0 Å². The normalized spacial score (nSPS) is 13.2. The number of ether oxygens (including phenoxy) is 2. The number of hydrogen-bond donors (Lipinski definition) is 1. The largest absolute Gasteiger partial charge is 0.454 e. The first kappa shape index (κ1) is 19.9. The van der Waals surface area contributed by atoms with Crippen molar-refractivity contribution in [1.29, 1.82) is 0 Å². The van der Waals surface area contributed by atoms with Crippen molar-refractivity contribution >= 4 is 27.7 Å². The lowest BCUT2D eigenvalue weighted by molar-refractivity contribution is -0.111. The van der Waals surface area contributed by atoms with Crippen LogP contribution in [0.5, 0.6) is 11.5 Å². The number of carbonyl (C=O) groups is 1. The molecule has 1 aliphatic heterocycles. The van der Waals surface area contributed by atoms with E-state index in [4.69, 9.17) is 9.47 Å². The van der Waals surface area contributed by atoms with Crippen molar-refractivity contribution in [1.82, 2.24) is 4.31 Å². The lowest BCUT2D eigenvalue weighted by Gasteiger charge is -2.18. The number of benzene rings is 2. The fraction of sp³-hybridized carbons (Fsp3) is 0.250. The molecule has 0 radical (unpaired) electrons. The van der Waals surface area contributed by atoms with E-state index in [0.717, 1.165) is 5.56 Å². The van der Waals surface area contributed by atoms with Crippen LogP contribution in [0.4, 0.5) is 5.69 Å².